The molecule has 0 fully saturated rings. The highest BCUT2D eigenvalue weighted by molar-refractivity contribution is 7.92. The molecule has 7 nitrogen and oxygen atoms in total. The normalized spacial score (nSPS) is 11.3. The Kier molecular flexibility index (Phi) is 6.19. The number of carbonyl (C=O) groups is 1. The SMILES string of the molecule is CCCc1cc(CNC(=O)CN(c2cccc(C)c2)S(C)(=O)=O)on1. The lowest BCUT2D eigenvalue weighted by Gasteiger charge is -2.22. The first-order valence-corrected chi connectivity index (χ1v) is 9.90. The van der Waals surface area contributed by atoms with E-state index in [0.717, 1.165) is 34.7 Å². The van der Waals surface area contributed by atoms with Crippen LogP contribution in [0.2, 0.25) is 0 Å². The van der Waals surface area contributed by atoms with Gasteiger partial charge in [-0.25, -0.2) is 8.42 Å². The second kappa shape index (κ2) is 8.15. The number of hydrogen-bond donors (Lipinski definition) is 1. The third kappa shape index (κ3) is 5.60. The van der Waals surface area contributed by atoms with E-state index < -0.39 is 15.9 Å². The van der Waals surface area contributed by atoms with Gasteiger partial charge in [-0.3, -0.25) is 9.10 Å². The van der Waals surface area contributed by atoms with Crippen molar-refractivity contribution in [1.82, 2.24) is 10.5 Å². The lowest BCUT2D eigenvalue weighted by Crippen LogP contribution is -2.40. The van der Waals surface area contributed by atoms with Gasteiger partial charge in [-0.15, -0.1) is 0 Å². The monoisotopic (exact) mass is 365 g/mol. The Morgan fingerprint density at radius 2 is 2.08 bits per heavy atom. The fraction of sp³-hybridized carbons (Fsp3) is 0.412. The summed E-state index contributed by atoms with van der Waals surface area (Å²) < 4.78 is 30.3. The number of benzene rings is 1. The van der Waals surface area contributed by atoms with Crippen molar-refractivity contribution < 1.29 is 17.7 Å². The lowest BCUT2D eigenvalue weighted by molar-refractivity contribution is -0.119. The zero-order valence-corrected chi connectivity index (χ0v) is 15.5. The van der Waals surface area contributed by atoms with Crippen LogP contribution < -0.4 is 9.62 Å². The molecule has 2 rings (SSSR count). The molecule has 1 aromatic carbocycles. The highest BCUT2D eigenvalue weighted by Gasteiger charge is 2.21. The fourth-order valence-corrected chi connectivity index (χ4v) is 3.22. The molecule has 1 amide bonds. The van der Waals surface area contributed by atoms with Crippen LogP contribution in [0.15, 0.2) is 34.9 Å². The van der Waals surface area contributed by atoms with Gasteiger partial charge in [0.1, 0.15) is 6.54 Å². The minimum absolute atomic E-state index is 0.168. The van der Waals surface area contributed by atoms with Crippen molar-refractivity contribution >= 4 is 21.6 Å². The largest absolute Gasteiger partial charge is 0.359 e. The summed E-state index contributed by atoms with van der Waals surface area (Å²) in [6.45, 7) is 3.78. The van der Waals surface area contributed by atoms with Gasteiger partial charge in [-0.05, 0) is 31.0 Å². The molecule has 0 bridgehead atoms. The topological polar surface area (TPSA) is 92.5 Å². The van der Waals surface area contributed by atoms with Crippen molar-refractivity contribution in [2.24, 2.45) is 0 Å². The number of carbonyl (C=O) groups excluding carboxylic acids is 1. The molecule has 0 unspecified atom stereocenters. The average molecular weight is 365 g/mol. The molecule has 1 N–H and O–H groups in total. The third-order valence-electron chi connectivity index (χ3n) is 3.55. The number of nitrogens with one attached hydrogen (secondary N) is 1. The van der Waals surface area contributed by atoms with Gasteiger partial charge in [0.25, 0.3) is 0 Å². The molecule has 0 aliphatic rings. The molecular weight excluding hydrogens is 342 g/mol. The standard InChI is InChI=1S/C17H23N3O4S/c1-4-6-14-10-16(24-19-14)11-18-17(21)12-20(25(3,22)23)15-8-5-7-13(2)9-15/h5,7-10H,4,6,11-12H2,1-3H3,(H,18,21). The molecule has 8 heteroatoms. The molecular formula is C17H23N3O4S. The number of sulfonamides is 1. The van der Waals surface area contributed by atoms with Crippen LogP contribution in [0, 0.1) is 6.92 Å². The van der Waals surface area contributed by atoms with E-state index in [1.165, 1.54) is 0 Å². The van der Waals surface area contributed by atoms with Crippen LogP contribution >= 0.6 is 0 Å². The Morgan fingerprint density at radius 1 is 1.32 bits per heavy atom. The smallest absolute Gasteiger partial charge is 0.241 e. The number of amides is 1. The van der Waals surface area contributed by atoms with E-state index in [4.69, 9.17) is 4.52 Å². The Labute approximate surface area is 148 Å². The van der Waals surface area contributed by atoms with Crippen molar-refractivity contribution in [3.05, 3.63) is 47.3 Å². The average Bonchev–Trinajstić information content (AvgIpc) is 2.97. The van der Waals surface area contributed by atoms with Gasteiger partial charge >= 0.3 is 0 Å². The van der Waals surface area contributed by atoms with Crippen molar-refractivity contribution in [3.63, 3.8) is 0 Å². The summed E-state index contributed by atoms with van der Waals surface area (Å²) in [7, 11) is -3.58. The highest BCUT2D eigenvalue weighted by Crippen LogP contribution is 2.18. The predicted octanol–water partition coefficient (Wildman–Crippen LogP) is 2.02. The molecule has 1 heterocycles. The Balaban J connectivity index is 2.02. The summed E-state index contributed by atoms with van der Waals surface area (Å²) in [6, 6.07) is 8.79. The Morgan fingerprint density at radius 3 is 2.72 bits per heavy atom. The summed E-state index contributed by atoms with van der Waals surface area (Å²) in [6.07, 6.45) is 2.85. The second-order valence-electron chi connectivity index (χ2n) is 5.92. The number of aromatic nitrogens is 1. The van der Waals surface area contributed by atoms with Gasteiger partial charge in [0.15, 0.2) is 5.76 Å². The van der Waals surface area contributed by atoms with E-state index in [1.807, 2.05) is 19.9 Å². The van der Waals surface area contributed by atoms with Crippen LogP contribution in [-0.4, -0.2) is 32.3 Å². The third-order valence-corrected chi connectivity index (χ3v) is 4.69. The van der Waals surface area contributed by atoms with Crippen LogP contribution in [0.4, 0.5) is 5.69 Å². The lowest BCUT2D eigenvalue weighted by atomic mass is 10.2. The van der Waals surface area contributed by atoms with Gasteiger partial charge in [0.2, 0.25) is 15.9 Å². The molecule has 0 radical (unpaired) electrons. The number of aryl methyl sites for hydroxylation is 2. The molecule has 0 aliphatic heterocycles. The van der Waals surface area contributed by atoms with Gasteiger partial charge in [0, 0.05) is 6.07 Å². The second-order valence-corrected chi connectivity index (χ2v) is 7.83. The molecule has 0 aliphatic carbocycles. The summed E-state index contributed by atoms with van der Waals surface area (Å²) >= 11 is 0. The maximum absolute atomic E-state index is 12.2. The van der Waals surface area contributed by atoms with E-state index in [9.17, 15) is 13.2 Å². The first-order chi connectivity index (χ1) is 11.8. The van der Waals surface area contributed by atoms with Crippen molar-refractivity contribution in [3.8, 4) is 0 Å². The van der Waals surface area contributed by atoms with Crippen LogP contribution in [0.25, 0.3) is 0 Å². The molecule has 0 atom stereocenters. The van der Waals surface area contributed by atoms with Gasteiger partial charge < -0.3 is 9.84 Å². The van der Waals surface area contributed by atoms with Gasteiger partial charge in [0.05, 0.1) is 24.2 Å². The molecule has 0 spiro atoms. The first kappa shape index (κ1) is 19.0. The molecule has 136 valence electrons. The van der Waals surface area contributed by atoms with Crippen LogP contribution in [0.3, 0.4) is 0 Å². The number of hydrogen-bond acceptors (Lipinski definition) is 5. The summed E-state index contributed by atoms with van der Waals surface area (Å²) in [5.74, 6) is 0.124. The maximum Gasteiger partial charge on any atom is 0.241 e. The Bertz CT molecular complexity index is 830. The van der Waals surface area contributed by atoms with Crippen LogP contribution in [0.1, 0.15) is 30.4 Å². The summed E-state index contributed by atoms with van der Waals surface area (Å²) in [5.41, 5.74) is 2.21. The maximum atomic E-state index is 12.2. The molecule has 25 heavy (non-hydrogen) atoms. The minimum atomic E-state index is -3.58. The van der Waals surface area contributed by atoms with E-state index in [1.54, 1.807) is 24.3 Å². The highest BCUT2D eigenvalue weighted by atomic mass is 32.2. The quantitative estimate of drug-likeness (QED) is 0.772. The van der Waals surface area contributed by atoms with Crippen LogP contribution in [-0.2, 0) is 27.8 Å². The van der Waals surface area contributed by atoms with Gasteiger partial charge in [-0.1, -0.05) is 30.6 Å². The summed E-state index contributed by atoms with van der Waals surface area (Å²) in [4.78, 5) is 12.2. The van der Waals surface area contributed by atoms with Crippen LogP contribution in [0.5, 0.6) is 0 Å². The molecule has 0 saturated carbocycles. The predicted molar refractivity (Wildman–Crippen MR) is 95.7 cm³/mol. The zero-order valence-electron chi connectivity index (χ0n) is 14.7. The Hall–Kier alpha value is -2.35. The fourth-order valence-electron chi connectivity index (χ4n) is 2.37. The van der Waals surface area contributed by atoms with E-state index >= 15 is 0 Å². The van der Waals surface area contributed by atoms with Crippen molar-refractivity contribution in [1.29, 1.82) is 0 Å². The molecule has 2 aromatic rings. The number of rotatable bonds is 8. The zero-order chi connectivity index (χ0) is 18.4. The van der Waals surface area contributed by atoms with E-state index in [2.05, 4.69) is 10.5 Å². The van der Waals surface area contributed by atoms with Crippen molar-refractivity contribution in [2.75, 3.05) is 17.1 Å². The van der Waals surface area contributed by atoms with E-state index in [0.29, 0.717) is 11.4 Å². The van der Waals surface area contributed by atoms with E-state index in [-0.39, 0.29) is 13.1 Å². The molecule has 1 aromatic heterocycles. The minimum Gasteiger partial charge on any atom is -0.359 e. The number of nitrogens with zero attached hydrogens (tertiary/aromatic N) is 2. The van der Waals surface area contributed by atoms with Gasteiger partial charge in [-0.2, -0.15) is 0 Å². The first-order valence-electron chi connectivity index (χ1n) is 8.05. The molecule has 0 saturated heterocycles. The summed E-state index contributed by atoms with van der Waals surface area (Å²) in [5, 5.41) is 6.57. The van der Waals surface area contributed by atoms with Crippen molar-refractivity contribution in [2.45, 2.75) is 33.2 Å². The number of anilines is 1.